The molecule has 0 amide bonds. The van der Waals surface area contributed by atoms with Crippen LogP contribution in [0, 0.1) is 0 Å². The molecule has 1 spiro atoms. The highest BCUT2D eigenvalue weighted by molar-refractivity contribution is 5.98. The van der Waals surface area contributed by atoms with Crippen molar-refractivity contribution in [1.82, 2.24) is 0 Å². The molecule has 0 fully saturated rings. The second-order valence-electron chi connectivity index (χ2n) is 20.0. The predicted molar refractivity (Wildman–Crippen MR) is 301 cm³/mol. The first kappa shape index (κ1) is 41.9. The first-order valence-corrected chi connectivity index (χ1v) is 25.2. The van der Waals surface area contributed by atoms with Gasteiger partial charge in [0, 0.05) is 39.5 Å². The summed E-state index contributed by atoms with van der Waals surface area (Å²) in [5.74, 6) is 0. The van der Waals surface area contributed by atoms with Gasteiger partial charge in [0.25, 0.3) is 0 Å². The van der Waals surface area contributed by atoms with Crippen LogP contribution in [-0.4, -0.2) is 0 Å². The van der Waals surface area contributed by atoms with Crippen LogP contribution in [0.5, 0.6) is 0 Å². The molecule has 11 aromatic rings. The van der Waals surface area contributed by atoms with Gasteiger partial charge in [0.1, 0.15) is 0 Å². The van der Waals surface area contributed by atoms with Crippen LogP contribution in [-0.2, 0) is 10.8 Å². The summed E-state index contributed by atoms with van der Waals surface area (Å²) in [6.07, 6.45) is 0. The Morgan fingerprint density at radius 1 is 0.222 bits per heavy atom. The Hall–Kier alpha value is -8.98. The number of rotatable bonds is 8. The Kier molecular flexibility index (Phi) is 9.50. The standard InChI is InChI=1S/C70H50N2/c1-69(2)63-31-17-14-28-57(63)60-41-38-52(44-66(60)69)72(50-24-10-5-11-25-50)54-40-43-62-59-30-16-19-33-65(59)70(68(62)46-54)64-32-18-15-29-58(64)61-42-39-53(45-67(61)70)71(49-22-8-4-9-23-49)51-36-34-48(35-37-51)56-27-13-12-26-55(56)47-20-6-3-7-21-47/h3-46H,1-2H3. The van der Waals surface area contributed by atoms with E-state index in [1.54, 1.807) is 0 Å². The molecule has 72 heavy (non-hydrogen) atoms. The third-order valence-electron chi connectivity index (χ3n) is 15.9. The van der Waals surface area contributed by atoms with Gasteiger partial charge in [0.05, 0.1) is 5.41 Å². The first-order chi connectivity index (χ1) is 35.5. The highest BCUT2D eigenvalue weighted by Gasteiger charge is 2.52. The van der Waals surface area contributed by atoms with Crippen molar-refractivity contribution < 1.29 is 0 Å². The van der Waals surface area contributed by atoms with E-state index in [9.17, 15) is 0 Å². The number of hydrogen-bond donors (Lipinski definition) is 0. The molecule has 2 nitrogen and oxygen atoms in total. The van der Waals surface area contributed by atoms with Crippen molar-refractivity contribution >= 4 is 34.1 Å². The number of nitrogens with zero attached hydrogens (tertiary/aromatic N) is 2. The minimum atomic E-state index is -0.582. The minimum Gasteiger partial charge on any atom is -0.310 e. The summed E-state index contributed by atoms with van der Waals surface area (Å²) in [6.45, 7) is 4.74. The second kappa shape index (κ2) is 16.3. The van der Waals surface area contributed by atoms with Crippen molar-refractivity contribution in [2.75, 3.05) is 9.80 Å². The maximum Gasteiger partial charge on any atom is 0.0727 e. The highest BCUT2D eigenvalue weighted by atomic mass is 15.1. The second-order valence-corrected chi connectivity index (χ2v) is 20.0. The maximum atomic E-state index is 2.51. The quantitative estimate of drug-likeness (QED) is 0.150. The molecule has 0 aliphatic heterocycles. The molecule has 340 valence electrons. The van der Waals surface area contributed by atoms with E-state index in [0.717, 1.165) is 34.1 Å². The molecule has 0 heterocycles. The van der Waals surface area contributed by atoms with Crippen LogP contribution in [0.1, 0.15) is 47.2 Å². The fourth-order valence-electron chi connectivity index (χ4n) is 12.7. The fourth-order valence-corrected chi connectivity index (χ4v) is 12.7. The normalized spacial score (nSPS) is 15.0. The lowest BCUT2D eigenvalue weighted by atomic mass is 9.70. The molecule has 0 saturated heterocycles. The third kappa shape index (κ3) is 6.22. The van der Waals surface area contributed by atoms with Crippen LogP contribution in [0.2, 0.25) is 0 Å². The third-order valence-corrected chi connectivity index (χ3v) is 15.9. The average molecular weight is 919 g/mol. The Labute approximate surface area is 422 Å². The molecule has 0 N–H and O–H groups in total. The number of benzene rings is 11. The molecule has 0 aromatic heterocycles. The lowest BCUT2D eigenvalue weighted by Gasteiger charge is -2.33. The molecule has 11 aromatic carbocycles. The number of hydrogen-bond acceptors (Lipinski definition) is 2. The largest absolute Gasteiger partial charge is 0.310 e. The zero-order valence-corrected chi connectivity index (χ0v) is 40.3. The van der Waals surface area contributed by atoms with E-state index >= 15 is 0 Å². The molecule has 3 aliphatic rings. The lowest BCUT2D eigenvalue weighted by Crippen LogP contribution is -2.26. The molecule has 0 radical (unpaired) electrons. The van der Waals surface area contributed by atoms with Crippen molar-refractivity contribution in [3.05, 3.63) is 300 Å². The Morgan fingerprint density at radius 2 is 0.528 bits per heavy atom. The summed E-state index contributed by atoms with van der Waals surface area (Å²) in [5, 5.41) is 0. The molecular formula is C70H50N2. The molecule has 1 atom stereocenters. The summed E-state index contributed by atoms with van der Waals surface area (Å²) >= 11 is 0. The van der Waals surface area contributed by atoms with Crippen molar-refractivity contribution in [2.24, 2.45) is 0 Å². The van der Waals surface area contributed by atoms with E-state index < -0.39 is 5.41 Å². The van der Waals surface area contributed by atoms with Gasteiger partial charge in [-0.3, -0.25) is 0 Å². The first-order valence-electron chi connectivity index (χ1n) is 25.2. The van der Waals surface area contributed by atoms with E-state index in [1.165, 1.54) is 89.0 Å². The van der Waals surface area contributed by atoms with Gasteiger partial charge < -0.3 is 9.80 Å². The maximum absolute atomic E-state index is 2.51. The van der Waals surface area contributed by atoms with E-state index in [-0.39, 0.29) is 5.41 Å². The molecule has 14 rings (SSSR count). The summed E-state index contributed by atoms with van der Waals surface area (Å²) in [5.41, 5.74) is 26.5. The van der Waals surface area contributed by atoms with Gasteiger partial charge in [-0.25, -0.2) is 0 Å². The average Bonchev–Trinajstić information content (AvgIpc) is 4.00. The molecule has 1 unspecified atom stereocenters. The van der Waals surface area contributed by atoms with E-state index in [1.807, 2.05) is 0 Å². The number of anilines is 6. The fraction of sp³-hybridized carbons (Fsp3) is 0.0571. The van der Waals surface area contributed by atoms with Gasteiger partial charge in [-0.05, 0) is 162 Å². The molecule has 0 bridgehead atoms. The van der Waals surface area contributed by atoms with Crippen molar-refractivity contribution in [2.45, 2.75) is 24.7 Å². The Morgan fingerprint density at radius 3 is 1.01 bits per heavy atom. The topological polar surface area (TPSA) is 6.48 Å². The zero-order chi connectivity index (χ0) is 48.0. The number of fused-ring (bicyclic) bond motifs is 13. The van der Waals surface area contributed by atoms with E-state index in [0.29, 0.717) is 0 Å². The highest BCUT2D eigenvalue weighted by Crippen LogP contribution is 2.64. The summed E-state index contributed by atoms with van der Waals surface area (Å²) in [6, 6.07) is 99.0. The van der Waals surface area contributed by atoms with Gasteiger partial charge in [-0.15, -0.1) is 0 Å². The lowest BCUT2D eigenvalue weighted by molar-refractivity contribution is 0.660. The Balaban J connectivity index is 0.950. The van der Waals surface area contributed by atoms with Crippen molar-refractivity contribution in [1.29, 1.82) is 0 Å². The molecule has 0 saturated carbocycles. The SMILES string of the molecule is CC1(C)c2ccccc2-c2ccc(N(c3ccccc3)c3ccc4c(c3)C3(c5ccccc5-c5ccc(N(c6ccccc6)c6ccc(-c7ccccc7-c7ccccc7)cc6)cc53)c3ccccc3-4)cc21. The van der Waals surface area contributed by atoms with E-state index in [4.69, 9.17) is 0 Å². The van der Waals surface area contributed by atoms with Crippen LogP contribution in [0.25, 0.3) is 55.6 Å². The smallest absolute Gasteiger partial charge is 0.0727 e. The van der Waals surface area contributed by atoms with Crippen LogP contribution >= 0.6 is 0 Å². The van der Waals surface area contributed by atoms with Gasteiger partial charge >= 0.3 is 0 Å². The van der Waals surface area contributed by atoms with Crippen LogP contribution in [0.3, 0.4) is 0 Å². The Bertz CT molecular complexity index is 3880. The van der Waals surface area contributed by atoms with Gasteiger partial charge in [-0.1, -0.05) is 208 Å². The van der Waals surface area contributed by atoms with Gasteiger partial charge in [0.15, 0.2) is 0 Å². The summed E-state index contributed by atoms with van der Waals surface area (Å²) < 4.78 is 0. The minimum absolute atomic E-state index is 0.133. The monoisotopic (exact) mass is 918 g/mol. The zero-order valence-electron chi connectivity index (χ0n) is 40.3. The number of para-hydroxylation sites is 2. The molecule has 2 heteroatoms. The van der Waals surface area contributed by atoms with Crippen molar-refractivity contribution in [3.8, 4) is 55.6 Å². The van der Waals surface area contributed by atoms with Gasteiger partial charge in [-0.2, -0.15) is 0 Å². The molecule has 3 aliphatic carbocycles. The van der Waals surface area contributed by atoms with Crippen LogP contribution in [0.15, 0.2) is 267 Å². The van der Waals surface area contributed by atoms with Crippen LogP contribution in [0.4, 0.5) is 34.1 Å². The van der Waals surface area contributed by atoms with Gasteiger partial charge in [0.2, 0.25) is 0 Å². The molecular weight excluding hydrogens is 869 g/mol. The predicted octanol–water partition coefficient (Wildman–Crippen LogP) is 18.6. The van der Waals surface area contributed by atoms with E-state index in [2.05, 4.69) is 291 Å². The van der Waals surface area contributed by atoms with Crippen LogP contribution < -0.4 is 9.80 Å². The summed E-state index contributed by atoms with van der Waals surface area (Å²) in [4.78, 5) is 4.89. The van der Waals surface area contributed by atoms with Crippen molar-refractivity contribution in [3.63, 3.8) is 0 Å². The summed E-state index contributed by atoms with van der Waals surface area (Å²) in [7, 11) is 0.